The van der Waals surface area contributed by atoms with Gasteiger partial charge in [-0.2, -0.15) is 0 Å². The van der Waals surface area contributed by atoms with E-state index in [1.165, 1.54) is 12.8 Å². The third-order valence-corrected chi connectivity index (χ3v) is 5.62. The van der Waals surface area contributed by atoms with Crippen molar-refractivity contribution in [2.24, 2.45) is 0 Å². The maximum Gasteiger partial charge on any atom is 0.196 e. The minimum Gasteiger partial charge on any atom is -0.398 e. The van der Waals surface area contributed by atoms with Crippen LogP contribution in [0.1, 0.15) is 51.1 Å². The lowest BCUT2D eigenvalue weighted by molar-refractivity contribution is 0.0980. The Kier molecular flexibility index (Phi) is 6.86. The summed E-state index contributed by atoms with van der Waals surface area (Å²) in [5, 5.41) is 4.38. The second kappa shape index (κ2) is 9.34. The third-order valence-electron chi connectivity index (χ3n) is 5.06. The van der Waals surface area contributed by atoms with Gasteiger partial charge in [0.2, 0.25) is 0 Å². The quantitative estimate of drug-likeness (QED) is 0.297. The molecular weight excluding hydrogens is 418 g/mol. The number of fused-ring (bicyclic) bond motifs is 2. The summed E-state index contributed by atoms with van der Waals surface area (Å²) in [4.78, 5) is 28.3. The maximum absolute atomic E-state index is 13.1. The summed E-state index contributed by atoms with van der Waals surface area (Å²) in [6.07, 6.45) is 3.30. The summed E-state index contributed by atoms with van der Waals surface area (Å²) < 4.78 is 0. The Morgan fingerprint density at radius 3 is 2.25 bits per heavy atom. The molecule has 2 aromatic rings. The molecule has 1 aliphatic carbocycles. The highest BCUT2D eigenvalue weighted by atomic mass is 79.9. The summed E-state index contributed by atoms with van der Waals surface area (Å²) in [6, 6.07) is 10.4. The number of carbonyl (C=O) groups is 2. The molecular formula is C22H26BrN3O2. The first-order valence-electron chi connectivity index (χ1n) is 9.64. The van der Waals surface area contributed by atoms with Gasteiger partial charge in [-0.15, -0.1) is 0 Å². The average molecular weight is 444 g/mol. The molecule has 0 bridgehead atoms. The Hall–Kier alpha value is -2.18. The highest BCUT2D eigenvalue weighted by molar-refractivity contribution is 9.09. The van der Waals surface area contributed by atoms with Crippen LogP contribution in [0.3, 0.4) is 0 Å². The second-order valence-electron chi connectivity index (χ2n) is 7.14. The van der Waals surface area contributed by atoms with Crippen LogP contribution in [0, 0.1) is 0 Å². The molecule has 1 aliphatic rings. The number of hydrogen-bond acceptors (Lipinski definition) is 5. The Morgan fingerprint density at radius 1 is 0.929 bits per heavy atom. The normalized spacial score (nSPS) is 12.8. The van der Waals surface area contributed by atoms with E-state index in [-0.39, 0.29) is 11.6 Å². The van der Waals surface area contributed by atoms with Crippen LogP contribution in [0.5, 0.6) is 0 Å². The van der Waals surface area contributed by atoms with Crippen LogP contribution in [0.15, 0.2) is 36.4 Å². The van der Waals surface area contributed by atoms with Gasteiger partial charge in [0.25, 0.3) is 0 Å². The van der Waals surface area contributed by atoms with Crippen molar-refractivity contribution >= 4 is 38.9 Å². The van der Waals surface area contributed by atoms with Crippen LogP contribution >= 0.6 is 15.9 Å². The molecule has 0 saturated carbocycles. The average Bonchev–Trinajstić information content (AvgIpc) is 2.70. The number of benzene rings is 2. The number of unbranched alkanes of at least 4 members (excludes halogenated alkanes) is 1. The molecule has 0 aliphatic heterocycles. The summed E-state index contributed by atoms with van der Waals surface area (Å²) in [7, 11) is 2.12. The lowest BCUT2D eigenvalue weighted by Gasteiger charge is -2.22. The number of nitrogens with one attached hydrogen (secondary N) is 1. The van der Waals surface area contributed by atoms with Crippen molar-refractivity contribution in [2.45, 2.75) is 19.3 Å². The minimum atomic E-state index is -0.183. The molecule has 148 valence electrons. The summed E-state index contributed by atoms with van der Waals surface area (Å²) in [5.41, 5.74) is 8.68. The number of hydrogen-bond donors (Lipinski definition) is 2. The molecule has 0 aromatic heterocycles. The molecule has 0 atom stereocenters. The molecule has 2 aromatic carbocycles. The van der Waals surface area contributed by atoms with Gasteiger partial charge in [0, 0.05) is 34.4 Å². The van der Waals surface area contributed by atoms with Gasteiger partial charge in [-0.1, -0.05) is 40.2 Å². The zero-order chi connectivity index (χ0) is 20.1. The van der Waals surface area contributed by atoms with Crippen molar-refractivity contribution in [1.29, 1.82) is 0 Å². The third kappa shape index (κ3) is 4.28. The lowest BCUT2D eigenvalue weighted by atomic mass is 9.82. The Morgan fingerprint density at radius 2 is 1.57 bits per heavy atom. The number of rotatable bonds is 9. The molecule has 0 saturated heterocycles. The fraction of sp³-hybridized carbons (Fsp3) is 0.364. The SMILES string of the molecule is CN(CCCCBr)CCCNc1ccc(N)c2c1C(=O)c1ccccc1C2=O. The zero-order valence-electron chi connectivity index (χ0n) is 16.1. The van der Waals surface area contributed by atoms with Gasteiger partial charge in [-0.05, 0) is 51.5 Å². The molecule has 3 rings (SSSR count). The van der Waals surface area contributed by atoms with E-state index in [4.69, 9.17) is 5.73 Å². The molecule has 28 heavy (non-hydrogen) atoms. The van der Waals surface area contributed by atoms with E-state index in [1.54, 1.807) is 36.4 Å². The van der Waals surface area contributed by atoms with Crippen molar-refractivity contribution in [2.75, 3.05) is 43.1 Å². The summed E-state index contributed by atoms with van der Waals surface area (Å²) >= 11 is 3.45. The monoisotopic (exact) mass is 443 g/mol. The molecule has 0 amide bonds. The van der Waals surface area contributed by atoms with E-state index in [0.29, 0.717) is 33.6 Å². The van der Waals surface area contributed by atoms with Crippen molar-refractivity contribution < 1.29 is 9.59 Å². The van der Waals surface area contributed by atoms with Crippen LogP contribution in [0.2, 0.25) is 0 Å². The molecule has 6 heteroatoms. The predicted molar refractivity (Wildman–Crippen MR) is 118 cm³/mol. The Balaban J connectivity index is 1.71. The molecule has 0 unspecified atom stereocenters. The van der Waals surface area contributed by atoms with Gasteiger partial charge in [0.1, 0.15) is 0 Å². The predicted octanol–water partition coefficient (Wildman–Crippen LogP) is 3.95. The number of alkyl halides is 1. The van der Waals surface area contributed by atoms with Gasteiger partial charge in [0.05, 0.1) is 11.1 Å². The van der Waals surface area contributed by atoms with Gasteiger partial charge in [-0.25, -0.2) is 0 Å². The van der Waals surface area contributed by atoms with Gasteiger partial charge in [-0.3, -0.25) is 9.59 Å². The fourth-order valence-electron chi connectivity index (χ4n) is 3.56. The fourth-order valence-corrected chi connectivity index (χ4v) is 3.95. The van der Waals surface area contributed by atoms with E-state index < -0.39 is 0 Å². The minimum absolute atomic E-state index is 0.146. The Labute approximate surface area is 174 Å². The van der Waals surface area contributed by atoms with Crippen LogP contribution in [-0.2, 0) is 0 Å². The Bertz CT molecular complexity index is 882. The molecule has 0 radical (unpaired) electrons. The van der Waals surface area contributed by atoms with Gasteiger partial charge in [0.15, 0.2) is 11.6 Å². The first-order chi connectivity index (χ1) is 13.5. The molecule has 3 N–H and O–H groups in total. The van der Waals surface area contributed by atoms with Crippen LogP contribution in [0.4, 0.5) is 11.4 Å². The van der Waals surface area contributed by atoms with Crippen LogP contribution < -0.4 is 11.1 Å². The largest absolute Gasteiger partial charge is 0.398 e. The number of nitrogens with two attached hydrogens (primary N) is 1. The molecule has 0 heterocycles. The number of nitrogens with zero attached hydrogens (tertiary/aromatic N) is 1. The number of ketones is 2. The maximum atomic E-state index is 13.1. The summed E-state index contributed by atoms with van der Waals surface area (Å²) in [6.45, 7) is 2.77. The van der Waals surface area contributed by atoms with E-state index in [2.05, 4.69) is 33.2 Å². The summed E-state index contributed by atoms with van der Waals surface area (Å²) in [5.74, 6) is -0.329. The van der Waals surface area contributed by atoms with Crippen molar-refractivity contribution in [1.82, 2.24) is 4.90 Å². The van der Waals surface area contributed by atoms with E-state index in [1.807, 2.05) is 0 Å². The highest BCUT2D eigenvalue weighted by Gasteiger charge is 2.33. The lowest BCUT2D eigenvalue weighted by Crippen LogP contribution is -2.25. The number of nitrogen functional groups attached to an aromatic ring is 1. The van der Waals surface area contributed by atoms with E-state index in [9.17, 15) is 9.59 Å². The first kappa shape index (κ1) is 20.6. The van der Waals surface area contributed by atoms with E-state index >= 15 is 0 Å². The zero-order valence-corrected chi connectivity index (χ0v) is 17.7. The van der Waals surface area contributed by atoms with Gasteiger partial charge < -0.3 is 16.0 Å². The van der Waals surface area contributed by atoms with Gasteiger partial charge >= 0.3 is 0 Å². The number of halogens is 1. The van der Waals surface area contributed by atoms with Crippen LogP contribution in [0.25, 0.3) is 0 Å². The molecule has 0 fully saturated rings. The number of carbonyl (C=O) groups excluding carboxylic acids is 2. The second-order valence-corrected chi connectivity index (χ2v) is 7.93. The highest BCUT2D eigenvalue weighted by Crippen LogP contribution is 2.35. The smallest absolute Gasteiger partial charge is 0.196 e. The van der Waals surface area contributed by atoms with Crippen LogP contribution in [-0.4, -0.2) is 48.5 Å². The first-order valence-corrected chi connectivity index (χ1v) is 10.8. The molecule has 5 nitrogen and oxygen atoms in total. The van der Waals surface area contributed by atoms with Crippen molar-refractivity contribution in [3.05, 3.63) is 58.7 Å². The topological polar surface area (TPSA) is 75.4 Å². The number of anilines is 2. The standard InChI is InChI=1S/C22H26BrN3O2/c1-26(13-5-4-11-23)14-6-12-25-18-10-9-17(24)19-20(18)22(28)16-8-3-2-7-15(16)21(19)27/h2-3,7-10,25H,4-6,11-14,24H2,1H3. The van der Waals surface area contributed by atoms with E-state index in [0.717, 1.165) is 31.4 Å². The molecule has 0 spiro atoms. The van der Waals surface area contributed by atoms with Crippen molar-refractivity contribution in [3.8, 4) is 0 Å². The van der Waals surface area contributed by atoms with Crippen molar-refractivity contribution in [3.63, 3.8) is 0 Å².